The van der Waals surface area contributed by atoms with Crippen molar-refractivity contribution in [2.24, 2.45) is 5.92 Å². The Kier molecular flexibility index (Phi) is 4.82. The first-order valence-electron chi connectivity index (χ1n) is 7.97. The quantitative estimate of drug-likeness (QED) is 0.833. The molecule has 5 heteroatoms. The van der Waals surface area contributed by atoms with Crippen molar-refractivity contribution in [2.45, 2.75) is 39.2 Å². The predicted molar refractivity (Wildman–Crippen MR) is 89.2 cm³/mol. The number of carbonyl (C=O) groups is 1. The Hall–Kier alpha value is -2.06. The SMILES string of the molecule is CC1CCc2sc(C(=O)N(CCC#N)Cc3ccco3)cc2C1. The second-order valence-electron chi connectivity index (χ2n) is 6.12. The molecular formula is C18H20N2O2S. The van der Waals surface area contributed by atoms with Crippen molar-refractivity contribution < 1.29 is 9.21 Å². The highest BCUT2D eigenvalue weighted by Gasteiger charge is 2.24. The van der Waals surface area contributed by atoms with Crippen molar-refractivity contribution in [1.82, 2.24) is 4.90 Å². The molecule has 120 valence electrons. The predicted octanol–water partition coefficient (Wildman–Crippen LogP) is 4.02. The number of carbonyl (C=O) groups excluding carboxylic acids is 1. The number of nitriles is 1. The fourth-order valence-corrected chi connectivity index (χ4v) is 4.17. The third kappa shape index (κ3) is 3.65. The molecule has 0 fully saturated rings. The summed E-state index contributed by atoms with van der Waals surface area (Å²) in [6.45, 7) is 3.10. The molecule has 2 heterocycles. The average molecular weight is 328 g/mol. The fraction of sp³-hybridized carbons (Fsp3) is 0.444. The minimum Gasteiger partial charge on any atom is -0.467 e. The van der Waals surface area contributed by atoms with Gasteiger partial charge in [0.25, 0.3) is 5.91 Å². The molecule has 1 unspecified atom stereocenters. The molecule has 0 saturated carbocycles. The van der Waals surface area contributed by atoms with Crippen molar-refractivity contribution in [2.75, 3.05) is 6.54 Å². The van der Waals surface area contributed by atoms with Crippen LogP contribution in [0.15, 0.2) is 28.9 Å². The van der Waals surface area contributed by atoms with Crippen molar-refractivity contribution >= 4 is 17.2 Å². The highest BCUT2D eigenvalue weighted by Crippen LogP contribution is 2.33. The molecular weight excluding hydrogens is 308 g/mol. The summed E-state index contributed by atoms with van der Waals surface area (Å²) in [5.41, 5.74) is 1.33. The highest BCUT2D eigenvalue weighted by molar-refractivity contribution is 7.14. The zero-order chi connectivity index (χ0) is 16.2. The summed E-state index contributed by atoms with van der Waals surface area (Å²) in [5, 5.41) is 8.85. The van der Waals surface area contributed by atoms with E-state index in [1.807, 2.05) is 12.1 Å². The molecule has 4 nitrogen and oxygen atoms in total. The number of amides is 1. The lowest BCUT2D eigenvalue weighted by atomic mass is 9.90. The Labute approximate surface area is 140 Å². The van der Waals surface area contributed by atoms with Gasteiger partial charge in [0.15, 0.2) is 0 Å². The zero-order valence-electron chi connectivity index (χ0n) is 13.2. The van der Waals surface area contributed by atoms with Crippen LogP contribution in [0, 0.1) is 17.2 Å². The number of rotatable bonds is 5. The van der Waals surface area contributed by atoms with E-state index in [4.69, 9.17) is 9.68 Å². The van der Waals surface area contributed by atoms with E-state index in [0.29, 0.717) is 25.4 Å². The molecule has 23 heavy (non-hydrogen) atoms. The molecule has 0 saturated heterocycles. The molecule has 1 atom stereocenters. The molecule has 0 spiro atoms. The molecule has 1 amide bonds. The smallest absolute Gasteiger partial charge is 0.264 e. The van der Waals surface area contributed by atoms with Crippen LogP contribution in [0.1, 0.15) is 45.6 Å². The summed E-state index contributed by atoms with van der Waals surface area (Å²) < 4.78 is 5.35. The van der Waals surface area contributed by atoms with Crippen LogP contribution in [0.4, 0.5) is 0 Å². The second kappa shape index (κ2) is 7.01. The Balaban J connectivity index is 1.78. The number of hydrogen-bond donors (Lipinski definition) is 0. The van der Waals surface area contributed by atoms with Crippen LogP contribution in [0.25, 0.3) is 0 Å². The molecule has 0 radical (unpaired) electrons. The summed E-state index contributed by atoms with van der Waals surface area (Å²) in [7, 11) is 0. The molecule has 0 aromatic carbocycles. The van der Waals surface area contributed by atoms with Gasteiger partial charge in [-0.05, 0) is 48.9 Å². The van der Waals surface area contributed by atoms with Crippen LogP contribution in [0.5, 0.6) is 0 Å². The number of aryl methyl sites for hydroxylation is 1. The number of fused-ring (bicyclic) bond motifs is 1. The van der Waals surface area contributed by atoms with E-state index in [1.54, 1.807) is 22.5 Å². The van der Waals surface area contributed by atoms with Crippen molar-refractivity contribution in [3.05, 3.63) is 45.5 Å². The second-order valence-corrected chi connectivity index (χ2v) is 7.26. The first-order valence-corrected chi connectivity index (χ1v) is 8.79. The van der Waals surface area contributed by atoms with Gasteiger partial charge >= 0.3 is 0 Å². The first-order chi connectivity index (χ1) is 11.2. The van der Waals surface area contributed by atoms with Gasteiger partial charge in [-0.3, -0.25) is 4.79 Å². The van der Waals surface area contributed by atoms with Gasteiger partial charge in [0.05, 0.1) is 30.2 Å². The Morgan fingerprint density at radius 2 is 2.43 bits per heavy atom. The van der Waals surface area contributed by atoms with Gasteiger partial charge < -0.3 is 9.32 Å². The van der Waals surface area contributed by atoms with Gasteiger partial charge in [0, 0.05) is 11.4 Å². The molecule has 2 aromatic heterocycles. The van der Waals surface area contributed by atoms with Crippen LogP contribution in [-0.4, -0.2) is 17.4 Å². The lowest BCUT2D eigenvalue weighted by Crippen LogP contribution is -2.30. The molecule has 0 bridgehead atoms. The van der Waals surface area contributed by atoms with E-state index < -0.39 is 0 Å². The topological polar surface area (TPSA) is 57.2 Å². The summed E-state index contributed by atoms with van der Waals surface area (Å²) in [6.07, 6.45) is 5.27. The van der Waals surface area contributed by atoms with Crippen LogP contribution in [-0.2, 0) is 19.4 Å². The van der Waals surface area contributed by atoms with Gasteiger partial charge in [-0.25, -0.2) is 0 Å². The van der Waals surface area contributed by atoms with Gasteiger partial charge in [0.2, 0.25) is 0 Å². The summed E-state index contributed by atoms with van der Waals surface area (Å²) in [6, 6.07) is 7.84. The molecule has 0 aliphatic heterocycles. The van der Waals surface area contributed by atoms with E-state index in [2.05, 4.69) is 19.1 Å². The van der Waals surface area contributed by atoms with E-state index in [0.717, 1.165) is 23.5 Å². The maximum atomic E-state index is 12.9. The normalized spacial score (nSPS) is 16.6. The van der Waals surface area contributed by atoms with Crippen LogP contribution < -0.4 is 0 Å². The minimum absolute atomic E-state index is 0.00343. The minimum atomic E-state index is 0.00343. The molecule has 1 aliphatic rings. The summed E-state index contributed by atoms with van der Waals surface area (Å²) in [5.74, 6) is 1.44. The number of nitrogens with zero attached hydrogens (tertiary/aromatic N) is 2. The van der Waals surface area contributed by atoms with E-state index in [-0.39, 0.29) is 5.91 Å². The van der Waals surface area contributed by atoms with Crippen molar-refractivity contribution in [1.29, 1.82) is 5.26 Å². The third-order valence-corrected chi connectivity index (χ3v) is 5.47. The summed E-state index contributed by atoms with van der Waals surface area (Å²) >= 11 is 1.62. The molecule has 1 aliphatic carbocycles. The lowest BCUT2D eigenvalue weighted by molar-refractivity contribution is 0.0740. The van der Waals surface area contributed by atoms with E-state index in [9.17, 15) is 4.79 Å². The summed E-state index contributed by atoms with van der Waals surface area (Å²) in [4.78, 5) is 16.7. The standard InChI is InChI=1S/C18H20N2O2S/c1-13-5-6-16-14(10-13)11-17(23-16)18(21)20(8-3-7-19)12-15-4-2-9-22-15/h2,4,9,11,13H,3,5-6,8,10,12H2,1H3. The number of furan rings is 1. The monoisotopic (exact) mass is 328 g/mol. The molecule has 2 aromatic rings. The van der Waals surface area contributed by atoms with Crippen LogP contribution in [0.3, 0.4) is 0 Å². The van der Waals surface area contributed by atoms with E-state index in [1.165, 1.54) is 16.9 Å². The molecule has 0 N–H and O–H groups in total. The van der Waals surface area contributed by atoms with Crippen LogP contribution >= 0.6 is 11.3 Å². The van der Waals surface area contributed by atoms with Crippen molar-refractivity contribution in [3.63, 3.8) is 0 Å². The number of thiophene rings is 1. The Morgan fingerprint density at radius 1 is 1.57 bits per heavy atom. The van der Waals surface area contributed by atoms with Crippen molar-refractivity contribution in [3.8, 4) is 6.07 Å². The maximum absolute atomic E-state index is 12.9. The fourth-order valence-electron chi connectivity index (χ4n) is 3.00. The van der Waals surface area contributed by atoms with E-state index >= 15 is 0 Å². The maximum Gasteiger partial charge on any atom is 0.264 e. The van der Waals surface area contributed by atoms with Crippen LogP contribution in [0.2, 0.25) is 0 Å². The average Bonchev–Trinajstić information content (AvgIpc) is 3.19. The van der Waals surface area contributed by atoms with Gasteiger partial charge in [-0.2, -0.15) is 5.26 Å². The Bertz CT molecular complexity index is 712. The van der Waals surface area contributed by atoms with Gasteiger partial charge in [-0.15, -0.1) is 11.3 Å². The third-order valence-electron chi connectivity index (χ3n) is 4.25. The Morgan fingerprint density at radius 3 is 3.17 bits per heavy atom. The highest BCUT2D eigenvalue weighted by atomic mass is 32.1. The first kappa shape index (κ1) is 15.8. The van der Waals surface area contributed by atoms with Gasteiger partial charge in [-0.1, -0.05) is 6.92 Å². The lowest BCUT2D eigenvalue weighted by Gasteiger charge is -2.19. The number of hydrogen-bond acceptors (Lipinski definition) is 4. The van der Waals surface area contributed by atoms with Gasteiger partial charge in [0.1, 0.15) is 5.76 Å². The largest absolute Gasteiger partial charge is 0.467 e. The zero-order valence-corrected chi connectivity index (χ0v) is 14.1. The molecule has 3 rings (SSSR count).